The maximum absolute atomic E-state index is 5.73. The molecule has 1 saturated carbocycles. The smallest absolute Gasteiger partial charge is 0.169 e. The molecular formula is C13H20BrNO. The van der Waals surface area contributed by atoms with Crippen LogP contribution in [0.15, 0.2) is 21.2 Å². The quantitative estimate of drug-likeness (QED) is 0.894. The zero-order chi connectivity index (χ0) is 11.6. The van der Waals surface area contributed by atoms with Crippen LogP contribution in [0.1, 0.15) is 51.3 Å². The summed E-state index contributed by atoms with van der Waals surface area (Å²) >= 11 is 3.38. The first-order valence-corrected chi connectivity index (χ1v) is 6.93. The van der Waals surface area contributed by atoms with E-state index in [4.69, 9.17) is 4.42 Å². The Bertz CT molecular complexity index is 341. The fraction of sp³-hybridized carbons (Fsp3) is 0.692. The van der Waals surface area contributed by atoms with Gasteiger partial charge in [-0.1, -0.05) is 26.7 Å². The Morgan fingerprint density at radius 1 is 1.44 bits per heavy atom. The molecule has 0 spiro atoms. The van der Waals surface area contributed by atoms with E-state index in [9.17, 15) is 0 Å². The first kappa shape index (κ1) is 12.2. The molecule has 0 saturated heterocycles. The highest BCUT2D eigenvalue weighted by Crippen LogP contribution is 2.47. The number of nitrogens with one attached hydrogen (secondary N) is 1. The molecule has 2 nitrogen and oxygen atoms in total. The molecule has 1 N–H and O–H groups in total. The zero-order valence-corrected chi connectivity index (χ0v) is 11.6. The van der Waals surface area contributed by atoms with E-state index in [1.54, 1.807) is 0 Å². The summed E-state index contributed by atoms with van der Waals surface area (Å²) in [6, 6.07) is 4.42. The average Bonchev–Trinajstić information content (AvgIpc) is 2.85. The Hall–Kier alpha value is -0.280. The van der Waals surface area contributed by atoms with Crippen molar-refractivity contribution in [1.82, 2.24) is 5.32 Å². The van der Waals surface area contributed by atoms with Gasteiger partial charge in [0.2, 0.25) is 0 Å². The molecule has 1 aliphatic carbocycles. The summed E-state index contributed by atoms with van der Waals surface area (Å²) in [6.45, 7) is 5.52. The molecule has 1 heterocycles. The van der Waals surface area contributed by atoms with Crippen LogP contribution in [0.2, 0.25) is 0 Å². The number of rotatable bonds is 4. The largest absolute Gasteiger partial charge is 0.453 e. The summed E-state index contributed by atoms with van der Waals surface area (Å²) in [5.74, 6) is 1.07. The molecule has 1 aliphatic rings. The first-order valence-electron chi connectivity index (χ1n) is 6.14. The lowest BCUT2D eigenvalue weighted by molar-refractivity contribution is 0.197. The molecule has 1 aromatic rings. The molecule has 0 aromatic carbocycles. The molecule has 3 heteroatoms. The van der Waals surface area contributed by atoms with Gasteiger partial charge in [0.15, 0.2) is 4.67 Å². The number of hydrogen-bond acceptors (Lipinski definition) is 2. The van der Waals surface area contributed by atoms with Crippen LogP contribution >= 0.6 is 15.9 Å². The Morgan fingerprint density at radius 3 is 2.62 bits per heavy atom. The van der Waals surface area contributed by atoms with Gasteiger partial charge >= 0.3 is 0 Å². The van der Waals surface area contributed by atoms with Gasteiger partial charge in [0.1, 0.15) is 5.76 Å². The Balaban J connectivity index is 2.22. The van der Waals surface area contributed by atoms with E-state index in [0.717, 1.165) is 17.0 Å². The third-order valence-electron chi connectivity index (χ3n) is 3.73. The van der Waals surface area contributed by atoms with E-state index >= 15 is 0 Å². The number of halogens is 1. The van der Waals surface area contributed by atoms with E-state index < -0.39 is 0 Å². The Labute approximate surface area is 106 Å². The highest BCUT2D eigenvalue weighted by molar-refractivity contribution is 9.10. The Morgan fingerprint density at radius 2 is 2.12 bits per heavy atom. The first-order chi connectivity index (χ1) is 7.65. The molecule has 1 unspecified atom stereocenters. The molecule has 0 radical (unpaired) electrons. The minimum atomic E-state index is 0.353. The monoisotopic (exact) mass is 285 g/mol. The lowest BCUT2D eigenvalue weighted by Gasteiger charge is -2.33. The zero-order valence-electron chi connectivity index (χ0n) is 10.1. The fourth-order valence-electron chi connectivity index (χ4n) is 2.85. The lowest BCUT2D eigenvalue weighted by Crippen LogP contribution is -2.34. The van der Waals surface area contributed by atoms with Crippen molar-refractivity contribution in [3.63, 3.8) is 0 Å². The van der Waals surface area contributed by atoms with E-state index in [2.05, 4.69) is 41.2 Å². The summed E-state index contributed by atoms with van der Waals surface area (Å²) in [5.41, 5.74) is 0.354. The van der Waals surface area contributed by atoms with Crippen molar-refractivity contribution in [1.29, 1.82) is 0 Å². The van der Waals surface area contributed by atoms with Gasteiger partial charge in [0, 0.05) is 0 Å². The number of hydrogen-bond donors (Lipinski definition) is 1. The lowest BCUT2D eigenvalue weighted by atomic mass is 9.79. The molecule has 2 rings (SSSR count). The molecule has 0 amide bonds. The second kappa shape index (κ2) is 4.92. The van der Waals surface area contributed by atoms with Crippen LogP contribution < -0.4 is 5.32 Å². The van der Waals surface area contributed by atoms with Crippen molar-refractivity contribution in [3.05, 3.63) is 22.6 Å². The van der Waals surface area contributed by atoms with Crippen molar-refractivity contribution in [3.8, 4) is 0 Å². The molecule has 0 aliphatic heterocycles. The maximum Gasteiger partial charge on any atom is 0.169 e. The van der Waals surface area contributed by atoms with Gasteiger partial charge in [-0.15, -0.1) is 0 Å². The van der Waals surface area contributed by atoms with Crippen LogP contribution in [0, 0.1) is 5.41 Å². The molecule has 90 valence electrons. The predicted octanol–water partition coefficient (Wildman–Crippen LogP) is 4.27. The van der Waals surface area contributed by atoms with Crippen LogP contribution in [0.25, 0.3) is 0 Å². The summed E-state index contributed by atoms with van der Waals surface area (Å²) < 4.78 is 6.56. The third kappa shape index (κ3) is 2.35. The normalized spacial score (nSPS) is 21.2. The molecule has 0 bridgehead atoms. The van der Waals surface area contributed by atoms with Crippen LogP contribution in [0.4, 0.5) is 0 Å². The van der Waals surface area contributed by atoms with Crippen LogP contribution in [-0.2, 0) is 0 Å². The minimum absolute atomic E-state index is 0.353. The van der Waals surface area contributed by atoms with Crippen LogP contribution in [0.5, 0.6) is 0 Å². The second-order valence-corrected chi connectivity index (χ2v) is 5.78. The van der Waals surface area contributed by atoms with Gasteiger partial charge in [0.05, 0.1) is 6.04 Å². The van der Waals surface area contributed by atoms with E-state index in [0.29, 0.717) is 11.5 Å². The van der Waals surface area contributed by atoms with Crippen molar-refractivity contribution < 1.29 is 4.42 Å². The van der Waals surface area contributed by atoms with Crippen molar-refractivity contribution >= 4 is 15.9 Å². The summed E-state index contributed by atoms with van der Waals surface area (Å²) in [4.78, 5) is 0. The molecule has 1 fully saturated rings. The Kier molecular flexibility index (Phi) is 3.75. The SMILES string of the molecule is CCNC(c1ccc(Br)o1)C1(C)CCCC1. The van der Waals surface area contributed by atoms with Gasteiger partial charge in [-0.3, -0.25) is 0 Å². The molecule has 1 atom stereocenters. The summed E-state index contributed by atoms with van der Waals surface area (Å²) in [6.07, 6.45) is 5.28. The van der Waals surface area contributed by atoms with E-state index in [1.807, 2.05) is 6.07 Å². The summed E-state index contributed by atoms with van der Waals surface area (Å²) in [5, 5.41) is 3.58. The topological polar surface area (TPSA) is 25.2 Å². The van der Waals surface area contributed by atoms with E-state index in [-0.39, 0.29) is 0 Å². The minimum Gasteiger partial charge on any atom is -0.453 e. The highest BCUT2D eigenvalue weighted by Gasteiger charge is 2.38. The van der Waals surface area contributed by atoms with Gasteiger partial charge < -0.3 is 9.73 Å². The average molecular weight is 286 g/mol. The molecular weight excluding hydrogens is 266 g/mol. The van der Waals surface area contributed by atoms with Gasteiger partial charge in [0.25, 0.3) is 0 Å². The van der Waals surface area contributed by atoms with Crippen molar-refractivity contribution in [2.75, 3.05) is 6.54 Å². The van der Waals surface area contributed by atoms with Gasteiger partial charge in [-0.2, -0.15) is 0 Å². The summed E-state index contributed by atoms with van der Waals surface area (Å²) in [7, 11) is 0. The second-order valence-electron chi connectivity index (χ2n) is 4.99. The molecule has 1 aromatic heterocycles. The van der Waals surface area contributed by atoms with Crippen LogP contribution in [-0.4, -0.2) is 6.54 Å². The molecule has 16 heavy (non-hydrogen) atoms. The van der Waals surface area contributed by atoms with Gasteiger partial charge in [-0.25, -0.2) is 0 Å². The number of furan rings is 1. The highest BCUT2D eigenvalue weighted by atomic mass is 79.9. The van der Waals surface area contributed by atoms with Crippen LogP contribution in [0.3, 0.4) is 0 Å². The van der Waals surface area contributed by atoms with Crippen molar-refractivity contribution in [2.45, 2.75) is 45.6 Å². The van der Waals surface area contributed by atoms with Crippen molar-refractivity contribution in [2.24, 2.45) is 5.41 Å². The third-order valence-corrected chi connectivity index (χ3v) is 4.16. The maximum atomic E-state index is 5.73. The van der Waals surface area contributed by atoms with Gasteiger partial charge in [-0.05, 0) is 52.9 Å². The predicted molar refractivity (Wildman–Crippen MR) is 69.4 cm³/mol. The van der Waals surface area contributed by atoms with E-state index in [1.165, 1.54) is 25.7 Å². The standard InChI is InChI=1S/C13H20BrNO/c1-3-15-12(10-6-7-11(14)16-10)13(2)8-4-5-9-13/h6-7,12,15H,3-5,8-9H2,1-2H3. The fourth-order valence-corrected chi connectivity index (χ4v) is 3.17.